The smallest absolute Gasteiger partial charge is 0.219 e. The summed E-state index contributed by atoms with van der Waals surface area (Å²) in [7, 11) is 1.64. The molecule has 0 radical (unpaired) electrons. The van der Waals surface area contributed by atoms with Gasteiger partial charge in [-0.3, -0.25) is 4.98 Å². The third-order valence-corrected chi connectivity index (χ3v) is 6.33. The Balaban J connectivity index is 1.82. The number of ether oxygens (including phenoxy) is 2. The highest BCUT2D eigenvalue weighted by Crippen LogP contribution is 2.39. The molecular weight excluding hydrogens is 456 g/mol. The van der Waals surface area contributed by atoms with Crippen LogP contribution < -0.4 is 10.4 Å². The van der Waals surface area contributed by atoms with E-state index in [1.54, 1.807) is 13.3 Å². The summed E-state index contributed by atoms with van der Waals surface area (Å²) in [6.07, 6.45) is 3.69. The first-order valence-electron chi connectivity index (χ1n) is 11.6. The molecule has 5 aromatic rings. The molecule has 36 heavy (non-hydrogen) atoms. The Kier molecular flexibility index (Phi) is 6.27. The summed E-state index contributed by atoms with van der Waals surface area (Å²) in [5.41, 5.74) is 6.47. The molecule has 3 aromatic heterocycles. The maximum absolute atomic E-state index is 9.38. The van der Waals surface area contributed by atoms with Gasteiger partial charge in [0.05, 0.1) is 46.7 Å². The number of aromatic nitrogens is 4. The van der Waals surface area contributed by atoms with Crippen LogP contribution in [0.4, 0.5) is 0 Å². The number of benzene rings is 2. The molecule has 0 spiro atoms. The number of nitriles is 1. The molecule has 0 saturated carbocycles. The van der Waals surface area contributed by atoms with Crippen molar-refractivity contribution in [2.24, 2.45) is 4.99 Å². The van der Waals surface area contributed by atoms with Crippen LogP contribution >= 0.6 is 0 Å². The largest absolute Gasteiger partial charge is 0.491 e. The van der Waals surface area contributed by atoms with E-state index in [1.165, 1.54) is 0 Å². The second-order valence-electron chi connectivity index (χ2n) is 8.54. The number of methoxy groups -OCH3 is 1. The summed E-state index contributed by atoms with van der Waals surface area (Å²) in [5, 5.41) is 14.4. The van der Waals surface area contributed by atoms with Crippen molar-refractivity contribution >= 4 is 21.9 Å². The Hall–Kier alpha value is -4.42. The van der Waals surface area contributed by atoms with Crippen LogP contribution in [0.5, 0.6) is 5.75 Å². The molecule has 0 aliphatic carbocycles. The summed E-state index contributed by atoms with van der Waals surface area (Å²) in [5.74, 6) is 1.37. The van der Waals surface area contributed by atoms with Crippen molar-refractivity contribution in [1.82, 2.24) is 19.7 Å². The predicted octanol–water partition coefficient (Wildman–Crippen LogP) is 4.81. The topological polar surface area (TPSA) is 114 Å². The highest BCUT2D eigenvalue weighted by Gasteiger charge is 2.21. The highest BCUT2D eigenvalue weighted by atomic mass is 16.5. The minimum Gasteiger partial charge on any atom is -0.491 e. The highest BCUT2D eigenvalue weighted by molar-refractivity contribution is 6.04. The van der Waals surface area contributed by atoms with Gasteiger partial charge < -0.3 is 23.5 Å². The van der Waals surface area contributed by atoms with Crippen LogP contribution in [0.3, 0.4) is 0 Å². The van der Waals surface area contributed by atoms with Gasteiger partial charge in [0.25, 0.3) is 0 Å². The van der Waals surface area contributed by atoms with Crippen molar-refractivity contribution in [3.63, 3.8) is 0 Å². The zero-order valence-electron chi connectivity index (χ0n) is 20.6. The van der Waals surface area contributed by atoms with E-state index in [9.17, 15) is 5.26 Å². The molecule has 0 amide bonds. The molecule has 1 atom stereocenters. The van der Waals surface area contributed by atoms with E-state index in [1.807, 2.05) is 54.9 Å². The van der Waals surface area contributed by atoms with E-state index in [0.717, 1.165) is 44.3 Å². The van der Waals surface area contributed by atoms with Gasteiger partial charge in [-0.05, 0) is 38.5 Å². The fourth-order valence-electron chi connectivity index (χ4n) is 4.65. The fraction of sp³-hybridized carbons (Fsp3) is 0.259. The van der Waals surface area contributed by atoms with E-state index in [2.05, 4.69) is 34.2 Å². The van der Waals surface area contributed by atoms with Gasteiger partial charge in [0, 0.05) is 18.1 Å². The zero-order chi connectivity index (χ0) is 25.2. The molecule has 9 heteroatoms. The molecular formula is C27H26N6O3. The molecule has 1 N–H and O–H groups in total. The lowest BCUT2D eigenvalue weighted by Gasteiger charge is -2.17. The number of nitrogens with zero attached hydrogens (tertiary/aromatic N) is 5. The number of hydrogen-bond donors (Lipinski definition) is 1. The Labute approximate surface area is 207 Å². The second kappa shape index (κ2) is 9.68. The van der Waals surface area contributed by atoms with Gasteiger partial charge in [0.2, 0.25) is 11.8 Å². The molecule has 2 aromatic carbocycles. The Morgan fingerprint density at radius 3 is 2.69 bits per heavy atom. The van der Waals surface area contributed by atoms with Crippen molar-refractivity contribution in [2.75, 3.05) is 20.3 Å². The minimum atomic E-state index is -0.0993. The van der Waals surface area contributed by atoms with Crippen molar-refractivity contribution in [1.29, 1.82) is 5.26 Å². The fourth-order valence-corrected chi connectivity index (χ4v) is 4.65. The third-order valence-electron chi connectivity index (χ3n) is 6.33. The lowest BCUT2D eigenvalue weighted by molar-refractivity contribution is 0.146. The van der Waals surface area contributed by atoms with Crippen LogP contribution in [-0.4, -0.2) is 40.0 Å². The molecule has 5 rings (SSSR count). The monoisotopic (exact) mass is 482 g/mol. The van der Waals surface area contributed by atoms with Gasteiger partial charge in [0.15, 0.2) is 0 Å². The SMILES string of the molecule is COCCOc1cc2c(cc1-c1c(C)noc1C)ncc1[nH]c(=NC#N)n([C@H](C)c3ccccc3)c12. The number of aromatic amines is 1. The van der Waals surface area contributed by atoms with Gasteiger partial charge in [0.1, 0.15) is 18.1 Å². The summed E-state index contributed by atoms with van der Waals surface area (Å²) >= 11 is 0. The maximum Gasteiger partial charge on any atom is 0.219 e. The van der Waals surface area contributed by atoms with Crippen molar-refractivity contribution in [3.8, 4) is 23.1 Å². The molecule has 0 saturated heterocycles. The van der Waals surface area contributed by atoms with Gasteiger partial charge in [-0.2, -0.15) is 5.26 Å². The molecule has 0 aliphatic heterocycles. The number of imidazole rings is 1. The molecule has 0 fully saturated rings. The second-order valence-corrected chi connectivity index (χ2v) is 8.54. The van der Waals surface area contributed by atoms with Crippen LogP contribution in [-0.2, 0) is 4.74 Å². The number of hydrogen-bond acceptors (Lipinski definition) is 7. The van der Waals surface area contributed by atoms with Crippen molar-refractivity contribution in [2.45, 2.75) is 26.8 Å². The van der Waals surface area contributed by atoms with Crippen LogP contribution in [0.15, 0.2) is 58.2 Å². The lowest BCUT2D eigenvalue weighted by atomic mass is 10.00. The molecule has 3 heterocycles. The van der Waals surface area contributed by atoms with Crippen LogP contribution in [0.1, 0.15) is 30.0 Å². The van der Waals surface area contributed by atoms with Gasteiger partial charge in [-0.1, -0.05) is 35.5 Å². The van der Waals surface area contributed by atoms with Gasteiger partial charge >= 0.3 is 0 Å². The van der Waals surface area contributed by atoms with E-state index in [4.69, 9.17) is 19.0 Å². The number of pyridine rings is 1. The Morgan fingerprint density at radius 1 is 1.19 bits per heavy atom. The molecule has 9 nitrogen and oxygen atoms in total. The summed E-state index contributed by atoms with van der Waals surface area (Å²) in [6.45, 7) is 6.70. The van der Waals surface area contributed by atoms with Gasteiger partial charge in [-0.15, -0.1) is 4.99 Å². The van der Waals surface area contributed by atoms with E-state index in [-0.39, 0.29) is 6.04 Å². The number of nitrogens with one attached hydrogen (secondary N) is 1. The maximum atomic E-state index is 9.38. The molecule has 0 aliphatic rings. The Morgan fingerprint density at radius 2 is 2.00 bits per heavy atom. The third kappa shape index (κ3) is 4.01. The standard InChI is InChI=1S/C27H26N6O3/c1-16-25(18(3)36-32-16)21-12-22-20(13-24(21)35-11-10-34-4)26-23(14-29-22)31-27(30-15-28)33(26)17(2)19-8-6-5-7-9-19/h5-9,12-14,17H,10-11H2,1-4H3,(H,30,31)/t17-/m1/s1. The number of rotatable bonds is 7. The minimum absolute atomic E-state index is 0.0993. The zero-order valence-corrected chi connectivity index (χ0v) is 20.6. The van der Waals surface area contributed by atoms with E-state index in [0.29, 0.717) is 30.3 Å². The molecule has 0 unspecified atom stereocenters. The van der Waals surface area contributed by atoms with Crippen LogP contribution in [0.2, 0.25) is 0 Å². The van der Waals surface area contributed by atoms with Crippen LogP contribution in [0.25, 0.3) is 33.1 Å². The molecule has 0 bridgehead atoms. The first kappa shape index (κ1) is 23.3. The van der Waals surface area contributed by atoms with E-state index >= 15 is 0 Å². The van der Waals surface area contributed by atoms with Crippen molar-refractivity contribution < 1.29 is 14.0 Å². The van der Waals surface area contributed by atoms with Crippen LogP contribution in [0, 0.1) is 25.3 Å². The Bertz CT molecular complexity index is 1640. The first-order valence-corrected chi connectivity index (χ1v) is 11.6. The van der Waals surface area contributed by atoms with Gasteiger partial charge in [-0.25, -0.2) is 0 Å². The average molecular weight is 483 g/mol. The summed E-state index contributed by atoms with van der Waals surface area (Å²) in [6, 6.07) is 14.0. The summed E-state index contributed by atoms with van der Waals surface area (Å²) < 4.78 is 18.9. The first-order chi connectivity index (χ1) is 17.5. The number of aryl methyl sites for hydroxylation is 2. The normalized spacial score (nSPS) is 12.8. The summed E-state index contributed by atoms with van der Waals surface area (Å²) in [4.78, 5) is 12.1. The lowest BCUT2D eigenvalue weighted by Crippen LogP contribution is -2.22. The molecule has 182 valence electrons. The predicted molar refractivity (Wildman–Crippen MR) is 135 cm³/mol. The quantitative estimate of drug-likeness (QED) is 0.263. The van der Waals surface area contributed by atoms with Crippen molar-refractivity contribution in [3.05, 3.63) is 71.3 Å². The number of fused-ring (bicyclic) bond motifs is 3. The average Bonchev–Trinajstić information content (AvgIpc) is 3.43. The number of H-pyrrole nitrogens is 1. The van der Waals surface area contributed by atoms with E-state index < -0.39 is 0 Å².